The molecular weight excluding hydrogens is 256 g/mol. The highest BCUT2D eigenvalue weighted by Gasteiger charge is 2.10. The van der Waals surface area contributed by atoms with Crippen LogP contribution in [-0.2, 0) is 22.6 Å². The molecule has 0 aromatic heterocycles. The summed E-state index contributed by atoms with van der Waals surface area (Å²) in [5.41, 5.74) is 7.53. The molecule has 0 heterocycles. The number of rotatable bonds is 8. The van der Waals surface area contributed by atoms with Crippen molar-refractivity contribution in [1.82, 2.24) is 5.32 Å². The Balaban J connectivity index is 2.32. The van der Waals surface area contributed by atoms with E-state index in [0.29, 0.717) is 32.4 Å². The number of carbonyl (C=O) groups excluding carboxylic acids is 1. The summed E-state index contributed by atoms with van der Waals surface area (Å²) in [5, 5.41) is 11.5. The zero-order valence-corrected chi connectivity index (χ0v) is 11.8. The fourth-order valence-electron chi connectivity index (χ4n) is 1.92. The van der Waals surface area contributed by atoms with Gasteiger partial charge < -0.3 is 16.2 Å². The first-order valence-electron chi connectivity index (χ1n) is 6.81. The largest absolute Gasteiger partial charge is 0.481 e. The first kappa shape index (κ1) is 16.2. The summed E-state index contributed by atoms with van der Waals surface area (Å²) < 4.78 is 0. The van der Waals surface area contributed by atoms with Gasteiger partial charge in [0.05, 0.1) is 12.3 Å². The van der Waals surface area contributed by atoms with Crippen LogP contribution in [0.5, 0.6) is 0 Å². The molecule has 1 rings (SSSR count). The minimum absolute atomic E-state index is 0.0612. The molecular formula is C15H22N2O3. The van der Waals surface area contributed by atoms with E-state index in [-0.39, 0.29) is 11.8 Å². The maximum atomic E-state index is 11.8. The van der Waals surface area contributed by atoms with Gasteiger partial charge in [0.15, 0.2) is 0 Å². The van der Waals surface area contributed by atoms with Crippen molar-refractivity contribution in [3.05, 3.63) is 35.4 Å². The summed E-state index contributed by atoms with van der Waals surface area (Å²) in [6.45, 7) is 2.59. The predicted molar refractivity (Wildman–Crippen MR) is 77.1 cm³/mol. The Kier molecular flexibility index (Phi) is 6.73. The van der Waals surface area contributed by atoms with E-state index in [0.717, 1.165) is 11.1 Å². The SMILES string of the molecule is CC(CCCNC(=O)Cc1ccccc1CN)C(=O)O. The van der Waals surface area contributed by atoms with E-state index in [1.165, 1.54) is 0 Å². The molecule has 5 nitrogen and oxygen atoms in total. The first-order valence-corrected chi connectivity index (χ1v) is 6.81. The van der Waals surface area contributed by atoms with Crippen LogP contribution in [0.1, 0.15) is 30.9 Å². The molecule has 0 aliphatic heterocycles. The number of benzene rings is 1. The summed E-state index contributed by atoms with van der Waals surface area (Å²) in [4.78, 5) is 22.4. The molecule has 1 amide bonds. The van der Waals surface area contributed by atoms with E-state index in [1.54, 1.807) is 6.92 Å². The lowest BCUT2D eigenvalue weighted by atomic mass is 10.0. The Bertz CT molecular complexity index is 460. The molecule has 1 atom stereocenters. The number of carboxylic acid groups (broad SMARTS) is 1. The predicted octanol–water partition coefficient (Wildman–Crippen LogP) is 1.30. The second kappa shape index (κ2) is 8.32. The van der Waals surface area contributed by atoms with Gasteiger partial charge in [0.25, 0.3) is 0 Å². The molecule has 0 aliphatic rings. The molecule has 0 fully saturated rings. The maximum absolute atomic E-state index is 11.8. The number of aliphatic carboxylic acids is 1. The van der Waals surface area contributed by atoms with Gasteiger partial charge in [-0.2, -0.15) is 0 Å². The van der Waals surface area contributed by atoms with Gasteiger partial charge in [-0.15, -0.1) is 0 Å². The standard InChI is InChI=1S/C15H22N2O3/c1-11(15(19)20)5-4-8-17-14(18)9-12-6-2-3-7-13(12)10-16/h2-3,6-7,11H,4-5,8-10,16H2,1H3,(H,17,18)(H,19,20). The molecule has 0 bridgehead atoms. The van der Waals surface area contributed by atoms with Gasteiger partial charge in [0.2, 0.25) is 5.91 Å². The highest BCUT2D eigenvalue weighted by atomic mass is 16.4. The average Bonchev–Trinajstić information content (AvgIpc) is 2.43. The van der Waals surface area contributed by atoms with E-state index in [4.69, 9.17) is 10.8 Å². The molecule has 0 spiro atoms. The Hall–Kier alpha value is -1.88. The third-order valence-electron chi connectivity index (χ3n) is 3.25. The quantitative estimate of drug-likeness (QED) is 0.625. The van der Waals surface area contributed by atoms with Crippen LogP contribution in [0, 0.1) is 5.92 Å². The maximum Gasteiger partial charge on any atom is 0.306 e. The number of carboxylic acids is 1. The molecule has 1 aromatic rings. The van der Waals surface area contributed by atoms with Crippen molar-refractivity contribution in [2.75, 3.05) is 6.54 Å². The van der Waals surface area contributed by atoms with Crippen LogP contribution < -0.4 is 11.1 Å². The zero-order valence-electron chi connectivity index (χ0n) is 11.8. The Labute approximate surface area is 119 Å². The van der Waals surface area contributed by atoms with Crippen molar-refractivity contribution >= 4 is 11.9 Å². The van der Waals surface area contributed by atoms with Gasteiger partial charge in [-0.05, 0) is 24.0 Å². The minimum Gasteiger partial charge on any atom is -0.481 e. The van der Waals surface area contributed by atoms with Crippen molar-refractivity contribution in [2.45, 2.75) is 32.7 Å². The molecule has 5 heteroatoms. The lowest BCUT2D eigenvalue weighted by molar-refractivity contribution is -0.141. The number of hydrogen-bond acceptors (Lipinski definition) is 3. The van der Waals surface area contributed by atoms with E-state index < -0.39 is 5.97 Å². The van der Waals surface area contributed by atoms with Gasteiger partial charge in [-0.1, -0.05) is 31.2 Å². The molecule has 20 heavy (non-hydrogen) atoms. The highest BCUT2D eigenvalue weighted by molar-refractivity contribution is 5.78. The summed E-state index contributed by atoms with van der Waals surface area (Å²) in [6, 6.07) is 7.60. The average molecular weight is 278 g/mol. The minimum atomic E-state index is -0.798. The summed E-state index contributed by atoms with van der Waals surface area (Å²) in [7, 11) is 0. The smallest absolute Gasteiger partial charge is 0.306 e. The van der Waals surface area contributed by atoms with Gasteiger partial charge in [0.1, 0.15) is 0 Å². The number of nitrogens with two attached hydrogens (primary N) is 1. The molecule has 0 aliphatic carbocycles. The fourth-order valence-corrected chi connectivity index (χ4v) is 1.92. The highest BCUT2D eigenvalue weighted by Crippen LogP contribution is 2.09. The van der Waals surface area contributed by atoms with Gasteiger partial charge >= 0.3 is 5.97 Å². The van der Waals surface area contributed by atoms with Crippen LogP contribution in [0.25, 0.3) is 0 Å². The molecule has 1 aromatic carbocycles. The molecule has 1 unspecified atom stereocenters. The van der Waals surface area contributed by atoms with E-state index >= 15 is 0 Å². The van der Waals surface area contributed by atoms with Gasteiger partial charge in [0, 0.05) is 13.1 Å². The van der Waals surface area contributed by atoms with Crippen LogP contribution in [0.4, 0.5) is 0 Å². The Morgan fingerprint density at radius 1 is 1.30 bits per heavy atom. The van der Waals surface area contributed by atoms with Crippen LogP contribution in [0.2, 0.25) is 0 Å². The fraction of sp³-hybridized carbons (Fsp3) is 0.467. The molecule has 110 valence electrons. The van der Waals surface area contributed by atoms with Crippen molar-refractivity contribution in [1.29, 1.82) is 0 Å². The van der Waals surface area contributed by atoms with E-state index in [2.05, 4.69) is 5.32 Å². The number of amides is 1. The Morgan fingerprint density at radius 3 is 2.55 bits per heavy atom. The van der Waals surface area contributed by atoms with Crippen LogP contribution in [0.3, 0.4) is 0 Å². The van der Waals surface area contributed by atoms with Crippen molar-refractivity contribution in [2.24, 2.45) is 11.7 Å². The third-order valence-corrected chi connectivity index (χ3v) is 3.25. The number of carbonyl (C=O) groups is 2. The molecule has 4 N–H and O–H groups in total. The first-order chi connectivity index (χ1) is 9.54. The number of nitrogens with one attached hydrogen (secondary N) is 1. The molecule has 0 saturated carbocycles. The summed E-state index contributed by atoms with van der Waals surface area (Å²) in [5.74, 6) is -1.23. The van der Waals surface area contributed by atoms with Crippen LogP contribution >= 0.6 is 0 Å². The monoisotopic (exact) mass is 278 g/mol. The van der Waals surface area contributed by atoms with Crippen LogP contribution in [-0.4, -0.2) is 23.5 Å². The molecule has 0 saturated heterocycles. The van der Waals surface area contributed by atoms with E-state index in [9.17, 15) is 9.59 Å². The van der Waals surface area contributed by atoms with Crippen molar-refractivity contribution < 1.29 is 14.7 Å². The number of hydrogen-bond donors (Lipinski definition) is 3. The summed E-state index contributed by atoms with van der Waals surface area (Å²) in [6.07, 6.45) is 1.54. The third kappa shape index (κ3) is 5.40. The lowest BCUT2D eigenvalue weighted by Gasteiger charge is -2.09. The topological polar surface area (TPSA) is 92.4 Å². The van der Waals surface area contributed by atoms with Crippen molar-refractivity contribution in [3.8, 4) is 0 Å². The van der Waals surface area contributed by atoms with Gasteiger partial charge in [-0.25, -0.2) is 0 Å². The van der Waals surface area contributed by atoms with Crippen LogP contribution in [0.15, 0.2) is 24.3 Å². The van der Waals surface area contributed by atoms with E-state index in [1.807, 2.05) is 24.3 Å². The van der Waals surface area contributed by atoms with Gasteiger partial charge in [-0.3, -0.25) is 9.59 Å². The molecule has 0 radical (unpaired) electrons. The normalized spacial score (nSPS) is 11.9. The lowest BCUT2D eigenvalue weighted by Crippen LogP contribution is -2.27. The van der Waals surface area contributed by atoms with Crippen molar-refractivity contribution in [3.63, 3.8) is 0 Å². The Morgan fingerprint density at radius 2 is 1.95 bits per heavy atom. The second-order valence-electron chi connectivity index (χ2n) is 4.88. The second-order valence-corrected chi connectivity index (χ2v) is 4.88. The zero-order chi connectivity index (χ0) is 15.0. The summed E-state index contributed by atoms with van der Waals surface area (Å²) >= 11 is 0.